The van der Waals surface area contributed by atoms with Crippen LogP contribution >= 0.6 is 11.3 Å². The van der Waals surface area contributed by atoms with Crippen molar-refractivity contribution in [1.29, 1.82) is 0 Å². The number of benzene rings is 7. The summed E-state index contributed by atoms with van der Waals surface area (Å²) in [6.45, 7) is 0. The fourth-order valence-electron chi connectivity index (χ4n) is 7.17. The monoisotopic (exact) mass is 497 g/mol. The molecule has 0 radical (unpaired) electrons. The first-order valence-electron chi connectivity index (χ1n) is 13.1. The van der Waals surface area contributed by atoms with Gasteiger partial charge in [0.1, 0.15) is 0 Å². The second kappa shape index (κ2) is 6.61. The summed E-state index contributed by atoms with van der Waals surface area (Å²) in [5, 5.41) is 13.5. The number of hydrogen-bond donors (Lipinski definition) is 0. The van der Waals surface area contributed by atoms with Crippen LogP contribution in [0.25, 0.3) is 90.9 Å². The minimum Gasteiger partial charge on any atom is -0.308 e. The van der Waals surface area contributed by atoms with Crippen LogP contribution in [0.1, 0.15) is 0 Å². The van der Waals surface area contributed by atoms with Crippen LogP contribution in [0.3, 0.4) is 0 Å². The largest absolute Gasteiger partial charge is 0.308 e. The molecule has 0 saturated carbocycles. The highest BCUT2D eigenvalue weighted by Gasteiger charge is 2.25. The Hall–Kier alpha value is -4.66. The molecule has 174 valence electrons. The second-order valence-electron chi connectivity index (χ2n) is 10.5. The fraction of sp³-hybridized carbons (Fsp3) is 0. The SMILES string of the molecule is c1ccc2c(c1)sc1ccc(-c3cc4c5ccccc5n5c6cccc7c8ccccc8c3c(c76)c45)cc12. The van der Waals surface area contributed by atoms with Gasteiger partial charge in [-0.05, 0) is 63.7 Å². The minimum atomic E-state index is 1.29. The van der Waals surface area contributed by atoms with Crippen molar-refractivity contribution in [2.75, 3.05) is 0 Å². The third kappa shape index (κ3) is 2.17. The molecule has 0 unspecified atom stereocenters. The summed E-state index contributed by atoms with van der Waals surface area (Å²) in [4.78, 5) is 0. The molecular formula is C36H19NS. The van der Waals surface area contributed by atoms with Crippen molar-refractivity contribution in [1.82, 2.24) is 4.40 Å². The molecule has 2 heteroatoms. The van der Waals surface area contributed by atoms with E-state index >= 15 is 0 Å². The lowest BCUT2D eigenvalue weighted by atomic mass is 9.88. The number of rotatable bonds is 1. The molecule has 0 fully saturated rings. The molecule has 10 rings (SSSR count). The van der Waals surface area contributed by atoms with Gasteiger partial charge in [0.2, 0.25) is 0 Å². The van der Waals surface area contributed by atoms with Crippen molar-refractivity contribution < 1.29 is 0 Å². The highest BCUT2D eigenvalue weighted by Crippen LogP contribution is 2.50. The highest BCUT2D eigenvalue weighted by atomic mass is 32.1. The molecule has 0 aliphatic heterocycles. The highest BCUT2D eigenvalue weighted by molar-refractivity contribution is 7.25. The first-order chi connectivity index (χ1) is 18.9. The zero-order chi connectivity index (χ0) is 24.5. The maximum atomic E-state index is 2.51. The molecule has 0 amide bonds. The summed E-state index contributed by atoms with van der Waals surface area (Å²) >= 11 is 1.88. The van der Waals surface area contributed by atoms with Gasteiger partial charge in [-0.15, -0.1) is 11.3 Å². The summed E-state index contributed by atoms with van der Waals surface area (Å²) in [5.74, 6) is 0. The Morgan fingerprint density at radius 1 is 0.421 bits per heavy atom. The van der Waals surface area contributed by atoms with Crippen LogP contribution in [0.15, 0.2) is 115 Å². The minimum absolute atomic E-state index is 1.29. The molecule has 1 nitrogen and oxygen atoms in total. The number of nitrogens with zero attached hydrogens (tertiary/aromatic N) is 1. The summed E-state index contributed by atoms with van der Waals surface area (Å²) in [6, 6.07) is 43.0. The summed E-state index contributed by atoms with van der Waals surface area (Å²) in [5.41, 5.74) is 6.55. The lowest BCUT2D eigenvalue weighted by Crippen LogP contribution is -1.87. The molecule has 0 atom stereocenters. The van der Waals surface area contributed by atoms with Gasteiger partial charge in [0.05, 0.1) is 16.6 Å². The molecule has 10 aromatic rings. The van der Waals surface area contributed by atoms with E-state index < -0.39 is 0 Å². The smallest absolute Gasteiger partial charge is 0.0627 e. The van der Waals surface area contributed by atoms with Gasteiger partial charge in [0.25, 0.3) is 0 Å². The number of hydrogen-bond acceptors (Lipinski definition) is 1. The van der Waals surface area contributed by atoms with Crippen LogP contribution in [-0.4, -0.2) is 4.40 Å². The zero-order valence-electron chi connectivity index (χ0n) is 20.3. The molecule has 0 spiro atoms. The molecule has 38 heavy (non-hydrogen) atoms. The summed E-state index contributed by atoms with van der Waals surface area (Å²) in [7, 11) is 0. The number of para-hydroxylation sites is 1. The van der Waals surface area contributed by atoms with Crippen molar-refractivity contribution >= 4 is 91.1 Å². The zero-order valence-corrected chi connectivity index (χ0v) is 21.1. The Morgan fingerprint density at radius 3 is 2.03 bits per heavy atom. The molecule has 7 aromatic carbocycles. The van der Waals surface area contributed by atoms with Gasteiger partial charge in [-0.3, -0.25) is 0 Å². The maximum absolute atomic E-state index is 2.51. The normalized spacial score (nSPS) is 12.7. The van der Waals surface area contributed by atoms with Crippen LogP contribution < -0.4 is 0 Å². The third-order valence-corrected chi connectivity index (χ3v) is 9.82. The third-order valence-electron chi connectivity index (χ3n) is 8.67. The lowest BCUT2D eigenvalue weighted by Gasteiger charge is -2.14. The van der Waals surface area contributed by atoms with Crippen LogP contribution in [0.2, 0.25) is 0 Å². The van der Waals surface area contributed by atoms with Crippen molar-refractivity contribution in [3.05, 3.63) is 115 Å². The molecule has 0 bridgehead atoms. The van der Waals surface area contributed by atoms with E-state index in [1.807, 2.05) is 11.3 Å². The summed E-state index contributed by atoms with van der Waals surface area (Å²) < 4.78 is 5.20. The van der Waals surface area contributed by atoms with Gasteiger partial charge in [-0.2, -0.15) is 0 Å². The Balaban J connectivity index is 1.50. The second-order valence-corrected chi connectivity index (χ2v) is 11.6. The van der Waals surface area contributed by atoms with Crippen molar-refractivity contribution in [2.24, 2.45) is 0 Å². The maximum Gasteiger partial charge on any atom is 0.0627 e. The van der Waals surface area contributed by atoms with Gasteiger partial charge >= 0.3 is 0 Å². The van der Waals surface area contributed by atoms with Crippen molar-refractivity contribution in [3.63, 3.8) is 0 Å². The number of thiophene rings is 1. The molecular weight excluding hydrogens is 478 g/mol. The van der Waals surface area contributed by atoms with Gasteiger partial charge in [0.15, 0.2) is 0 Å². The van der Waals surface area contributed by atoms with E-state index in [-0.39, 0.29) is 0 Å². The quantitative estimate of drug-likeness (QED) is 0.199. The Labute approximate surface area is 221 Å². The summed E-state index contributed by atoms with van der Waals surface area (Å²) in [6.07, 6.45) is 0. The first kappa shape index (κ1) is 19.5. The predicted octanol–water partition coefficient (Wildman–Crippen LogP) is 10.6. The fourth-order valence-corrected chi connectivity index (χ4v) is 8.26. The van der Waals surface area contributed by atoms with Crippen molar-refractivity contribution in [2.45, 2.75) is 0 Å². The van der Waals surface area contributed by atoms with Crippen LogP contribution in [0.5, 0.6) is 0 Å². The van der Waals surface area contributed by atoms with E-state index in [9.17, 15) is 0 Å². The van der Waals surface area contributed by atoms with E-state index in [0.717, 1.165) is 0 Å². The Kier molecular flexibility index (Phi) is 3.38. The van der Waals surface area contributed by atoms with Crippen LogP contribution in [-0.2, 0) is 0 Å². The van der Waals surface area contributed by atoms with Gasteiger partial charge < -0.3 is 4.40 Å². The average molecular weight is 498 g/mol. The average Bonchev–Trinajstić information content (AvgIpc) is 3.63. The Bertz CT molecular complexity index is 2560. The van der Waals surface area contributed by atoms with Crippen LogP contribution in [0, 0.1) is 0 Å². The Morgan fingerprint density at radius 2 is 1.11 bits per heavy atom. The number of aromatic nitrogens is 1. The van der Waals surface area contributed by atoms with E-state index in [2.05, 4.69) is 120 Å². The molecule has 3 aromatic heterocycles. The first-order valence-corrected chi connectivity index (χ1v) is 13.9. The van der Waals surface area contributed by atoms with E-state index in [1.165, 1.54) is 90.9 Å². The topological polar surface area (TPSA) is 4.41 Å². The molecule has 0 saturated heterocycles. The predicted molar refractivity (Wildman–Crippen MR) is 166 cm³/mol. The lowest BCUT2D eigenvalue weighted by molar-refractivity contribution is 1.37. The molecule has 0 aliphatic carbocycles. The standard InChI is InChI=1S/C36H19NS/c1-2-11-24-21(8-1)25-12-7-14-30-34(25)35-33(24)26(19-28-22-9-3-5-13-29(22)37(30)36(28)35)20-16-17-32-27(18-20)23-10-4-6-15-31(23)38-32/h1-19H. The van der Waals surface area contributed by atoms with Gasteiger partial charge in [-0.25, -0.2) is 0 Å². The molecule has 0 aliphatic rings. The van der Waals surface area contributed by atoms with E-state index in [1.54, 1.807) is 0 Å². The molecule has 0 N–H and O–H groups in total. The van der Waals surface area contributed by atoms with Crippen LogP contribution in [0.4, 0.5) is 0 Å². The van der Waals surface area contributed by atoms with Gasteiger partial charge in [-0.1, -0.05) is 78.9 Å². The number of fused-ring (bicyclic) bond motifs is 10. The van der Waals surface area contributed by atoms with E-state index in [0.29, 0.717) is 0 Å². The van der Waals surface area contributed by atoms with Crippen molar-refractivity contribution in [3.8, 4) is 11.1 Å². The molecule has 3 heterocycles. The van der Waals surface area contributed by atoms with E-state index in [4.69, 9.17) is 0 Å². The van der Waals surface area contributed by atoms with Gasteiger partial charge in [0, 0.05) is 47.1 Å².